The van der Waals surface area contributed by atoms with Crippen LogP contribution in [0.4, 0.5) is 0 Å². The van der Waals surface area contributed by atoms with Crippen molar-refractivity contribution in [3.63, 3.8) is 0 Å². The molecule has 3 N–H and O–H groups in total. The number of hydrogen-bond donors (Lipinski definition) is 2. The first-order valence-electron chi connectivity index (χ1n) is 4.21. The van der Waals surface area contributed by atoms with Crippen molar-refractivity contribution < 1.29 is 14.4 Å². The number of carbonyl (C=O) groups excluding carboxylic acids is 2. The average Bonchev–Trinajstić information content (AvgIpc) is 2.47. The molecule has 0 fully saturated rings. The van der Waals surface area contributed by atoms with Crippen LogP contribution in [0.1, 0.15) is 16.1 Å². The predicted molar refractivity (Wildman–Crippen MR) is 50.6 cm³/mol. The van der Waals surface area contributed by atoms with Crippen LogP contribution >= 0.6 is 0 Å². The fourth-order valence-electron chi connectivity index (χ4n) is 0.949. The van der Waals surface area contributed by atoms with Crippen LogP contribution in [0.2, 0.25) is 0 Å². The highest BCUT2D eigenvalue weighted by molar-refractivity contribution is 5.94. The first-order chi connectivity index (χ1) is 7.02. The zero-order chi connectivity index (χ0) is 11.4. The number of aromatic nitrogens is 2. The van der Waals surface area contributed by atoms with E-state index < -0.39 is 11.8 Å². The molecule has 0 radical (unpaired) electrons. The van der Waals surface area contributed by atoms with Gasteiger partial charge >= 0.3 is 0 Å². The third kappa shape index (κ3) is 2.78. The molecule has 1 aromatic heterocycles. The van der Waals surface area contributed by atoms with Crippen LogP contribution in [0, 0.1) is 6.92 Å². The smallest absolute Gasteiger partial charge is 0.278 e. The first-order valence-corrected chi connectivity index (χ1v) is 4.21. The number of carbonyl (C=O) groups is 2. The minimum Gasteiger partial charge on any atom is -0.368 e. The number of nitrogens with zero attached hydrogens (tertiary/aromatic N) is 2. The summed E-state index contributed by atoms with van der Waals surface area (Å²) in [7, 11) is 1.72. The summed E-state index contributed by atoms with van der Waals surface area (Å²) in [6.07, 6.45) is 1.41. The number of hydroxylamine groups is 1. The monoisotopic (exact) mass is 212 g/mol. The summed E-state index contributed by atoms with van der Waals surface area (Å²) >= 11 is 0. The molecular weight excluding hydrogens is 200 g/mol. The van der Waals surface area contributed by atoms with Gasteiger partial charge in [-0.1, -0.05) is 0 Å². The van der Waals surface area contributed by atoms with E-state index in [1.54, 1.807) is 18.7 Å². The van der Waals surface area contributed by atoms with Gasteiger partial charge in [-0.05, 0) is 6.92 Å². The fraction of sp³-hybridized carbons (Fsp3) is 0.375. The molecule has 0 aromatic carbocycles. The maximum absolute atomic E-state index is 11.4. The second-order valence-electron chi connectivity index (χ2n) is 2.95. The summed E-state index contributed by atoms with van der Waals surface area (Å²) in [5.41, 5.74) is 8.01. The predicted octanol–water partition coefficient (Wildman–Crippen LogP) is -1.12. The quantitative estimate of drug-likeness (QED) is 0.617. The number of primary amides is 1. The minimum atomic E-state index is -0.654. The van der Waals surface area contributed by atoms with E-state index in [-0.39, 0.29) is 6.61 Å². The molecule has 0 bridgehead atoms. The molecule has 15 heavy (non-hydrogen) atoms. The average molecular weight is 212 g/mol. The summed E-state index contributed by atoms with van der Waals surface area (Å²) in [6, 6.07) is 0. The molecule has 0 atom stereocenters. The molecular formula is C8H12N4O3. The minimum absolute atomic E-state index is 0.356. The second-order valence-corrected chi connectivity index (χ2v) is 2.95. The lowest BCUT2D eigenvalue weighted by Gasteiger charge is -2.03. The maximum atomic E-state index is 11.4. The van der Waals surface area contributed by atoms with Crippen LogP contribution in [-0.2, 0) is 16.7 Å². The van der Waals surface area contributed by atoms with Gasteiger partial charge in [0.2, 0.25) is 5.91 Å². The Bertz CT molecular complexity index is 385. The van der Waals surface area contributed by atoms with Crippen molar-refractivity contribution in [3.8, 4) is 0 Å². The van der Waals surface area contributed by atoms with Gasteiger partial charge in [0, 0.05) is 12.7 Å². The molecule has 2 amide bonds. The van der Waals surface area contributed by atoms with Gasteiger partial charge in [-0.15, -0.1) is 0 Å². The van der Waals surface area contributed by atoms with Gasteiger partial charge in [-0.3, -0.25) is 19.1 Å². The Kier molecular flexibility index (Phi) is 3.40. The van der Waals surface area contributed by atoms with E-state index in [4.69, 9.17) is 5.73 Å². The normalized spacial score (nSPS) is 10.0. The fourth-order valence-corrected chi connectivity index (χ4v) is 0.949. The molecule has 1 aromatic rings. The molecule has 1 heterocycles. The highest BCUT2D eigenvalue weighted by Gasteiger charge is 2.12. The Labute approximate surface area is 86.1 Å². The molecule has 0 unspecified atom stereocenters. The van der Waals surface area contributed by atoms with Crippen LogP contribution < -0.4 is 11.2 Å². The molecule has 0 aliphatic rings. The maximum Gasteiger partial charge on any atom is 0.278 e. The van der Waals surface area contributed by atoms with Gasteiger partial charge in [-0.2, -0.15) is 5.10 Å². The topological polar surface area (TPSA) is 99.2 Å². The molecule has 0 aliphatic carbocycles. The molecule has 0 aliphatic heterocycles. The van der Waals surface area contributed by atoms with E-state index in [1.165, 1.54) is 6.20 Å². The van der Waals surface area contributed by atoms with Crippen molar-refractivity contribution >= 4 is 11.8 Å². The Balaban J connectivity index is 2.54. The molecule has 7 nitrogen and oxygen atoms in total. The molecule has 82 valence electrons. The van der Waals surface area contributed by atoms with E-state index in [2.05, 4.69) is 15.4 Å². The number of hydrogen-bond acceptors (Lipinski definition) is 4. The zero-order valence-electron chi connectivity index (χ0n) is 8.48. The summed E-state index contributed by atoms with van der Waals surface area (Å²) in [4.78, 5) is 26.3. The van der Waals surface area contributed by atoms with Crippen molar-refractivity contribution in [1.29, 1.82) is 0 Å². The number of amides is 2. The van der Waals surface area contributed by atoms with Gasteiger partial charge in [0.15, 0.2) is 6.61 Å². The van der Waals surface area contributed by atoms with Gasteiger partial charge in [0.25, 0.3) is 5.91 Å². The van der Waals surface area contributed by atoms with Crippen molar-refractivity contribution in [1.82, 2.24) is 15.3 Å². The first kappa shape index (κ1) is 11.2. The van der Waals surface area contributed by atoms with Crippen LogP contribution in [0.5, 0.6) is 0 Å². The van der Waals surface area contributed by atoms with Gasteiger partial charge in [-0.25, -0.2) is 5.48 Å². The van der Waals surface area contributed by atoms with Gasteiger partial charge < -0.3 is 5.73 Å². The van der Waals surface area contributed by atoms with Crippen LogP contribution in [0.25, 0.3) is 0 Å². The van der Waals surface area contributed by atoms with Crippen molar-refractivity contribution in [2.75, 3.05) is 6.61 Å². The summed E-state index contributed by atoms with van der Waals surface area (Å²) < 4.78 is 1.56. The van der Waals surface area contributed by atoms with E-state index in [0.717, 1.165) is 0 Å². The highest BCUT2D eigenvalue weighted by atomic mass is 16.7. The largest absolute Gasteiger partial charge is 0.368 e. The molecule has 0 saturated heterocycles. The van der Waals surface area contributed by atoms with E-state index >= 15 is 0 Å². The van der Waals surface area contributed by atoms with Crippen LogP contribution in [0.15, 0.2) is 6.20 Å². The van der Waals surface area contributed by atoms with Crippen molar-refractivity contribution in [3.05, 3.63) is 17.5 Å². The number of aryl methyl sites for hydroxylation is 1. The van der Waals surface area contributed by atoms with Crippen molar-refractivity contribution in [2.24, 2.45) is 12.8 Å². The lowest BCUT2D eigenvalue weighted by atomic mass is 10.2. The van der Waals surface area contributed by atoms with Gasteiger partial charge in [0.1, 0.15) is 0 Å². The summed E-state index contributed by atoms with van der Waals surface area (Å²) in [5.74, 6) is -1.11. The third-order valence-corrected chi connectivity index (χ3v) is 1.86. The van der Waals surface area contributed by atoms with Crippen molar-refractivity contribution in [2.45, 2.75) is 6.92 Å². The summed E-state index contributed by atoms with van der Waals surface area (Å²) in [6.45, 7) is 1.39. The Morgan fingerprint density at radius 1 is 1.67 bits per heavy atom. The van der Waals surface area contributed by atoms with Crippen LogP contribution in [-0.4, -0.2) is 28.2 Å². The van der Waals surface area contributed by atoms with Crippen LogP contribution in [0.3, 0.4) is 0 Å². The molecule has 0 saturated carbocycles. The summed E-state index contributed by atoms with van der Waals surface area (Å²) in [5, 5.41) is 3.89. The Hall–Kier alpha value is -1.89. The SMILES string of the molecule is Cc1c(C(=O)NOCC(N)=O)cnn1C. The van der Waals surface area contributed by atoms with E-state index in [1.807, 2.05) is 0 Å². The number of nitrogens with two attached hydrogens (primary N) is 1. The lowest BCUT2D eigenvalue weighted by Crippen LogP contribution is -2.29. The van der Waals surface area contributed by atoms with Gasteiger partial charge in [0.05, 0.1) is 11.8 Å². The Morgan fingerprint density at radius 3 is 2.80 bits per heavy atom. The number of nitrogens with one attached hydrogen (secondary N) is 1. The molecule has 7 heteroatoms. The highest BCUT2D eigenvalue weighted by Crippen LogP contribution is 2.04. The molecule has 0 spiro atoms. The standard InChI is InChI=1S/C8H12N4O3/c1-5-6(3-10-12(5)2)8(14)11-15-4-7(9)13/h3H,4H2,1-2H3,(H2,9,13)(H,11,14). The third-order valence-electron chi connectivity index (χ3n) is 1.86. The second kappa shape index (κ2) is 4.56. The number of rotatable bonds is 4. The zero-order valence-corrected chi connectivity index (χ0v) is 8.48. The Morgan fingerprint density at radius 2 is 2.33 bits per heavy atom. The van der Waals surface area contributed by atoms with E-state index in [0.29, 0.717) is 11.3 Å². The lowest BCUT2D eigenvalue weighted by molar-refractivity contribution is -0.124. The van der Waals surface area contributed by atoms with E-state index in [9.17, 15) is 9.59 Å². The molecule has 1 rings (SSSR count).